The standard InChI is InChI=1S/C8H10FN.2ClH/c1-2-7(9)8-5-3-4-6-10-8;;/h3-7H,2H2,1H3;2*1H. The quantitative estimate of drug-likeness (QED) is 0.732. The first-order valence-corrected chi connectivity index (χ1v) is 3.39. The Labute approximate surface area is 84.2 Å². The molecule has 0 N–H and O–H groups in total. The van der Waals surface area contributed by atoms with Crippen LogP contribution in [-0.2, 0) is 0 Å². The van der Waals surface area contributed by atoms with Crippen LogP contribution >= 0.6 is 24.8 Å². The number of nitrogens with zero attached hydrogens (tertiary/aromatic N) is 1. The van der Waals surface area contributed by atoms with Crippen molar-refractivity contribution in [3.63, 3.8) is 0 Å². The van der Waals surface area contributed by atoms with Gasteiger partial charge in [-0.3, -0.25) is 4.98 Å². The largest absolute Gasteiger partial charge is 0.258 e. The maximum Gasteiger partial charge on any atom is 0.142 e. The molecule has 0 aliphatic carbocycles. The van der Waals surface area contributed by atoms with E-state index in [0.717, 1.165) is 0 Å². The molecule has 1 heterocycles. The maximum absolute atomic E-state index is 12.8. The normalized spacial score (nSPS) is 10.8. The number of halogens is 3. The molecule has 1 nitrogen and oxygen atoms in total. The molecule has 1 rings (SSSR count). The van der Waals surface area contributed by atoms with E-state index in [0.29, 0.717) is 12.1 Å². The van der Waals surface area contributed by atoms with Crippen LogP contribution < -0.4 is 0 Å². The molecule has 1 aromatic heterocycles. The summed E-state index contributed by atoms with van der Waals surface area (Å²) in [6.45, 7) is 1.80. The predicted molar refractivity (Wildman–Crippen MR) is 52.9 cm³/mol. The van der Waals surface area contributed by atoms with Crippen LogP contribution in [0.25, 0.3) is 0 Å². The molecule has 0 aromatic carbocycles. The molecule has 1 atom stereocenters. The molecule has 0 aliphatic rings. The minimum atomic E-state index is -0.902. The van der Waals surface area contributed by atoms with Crippen LogP contribution in [-0.4, -0.2) is 4.98 Å². The molecule has 1 aromatic rings. The molecule has 0 spiro atoms. The number of aromatic nitrogens is 1. The van der Waals surface area contributed by atoms with Crippen molar-refractivity contribution in [2.75, 3.05) is 0 Å². The van der Waals surface area contributed by atoms with E-state index in [2.05, 4.69) is 4.98 Å². The molecule has 12 heavy (non-hydrogen) atoms. The van der Waals surface area contributed by atoms with E-state index in [1.165, 1.54) is 0 Å². The highest BCUT2D eigenvalue weighted by Crippen LogP contribution is 2.16. The van der Waals surface area contributed by atoms with Gasteiger partial charge in [0.05, 0.1) is 5.69 Å². The second-order valence-electron chi connectivity index (χ2n) is 2.13. The van der Waals surface area contributed by atoms with Crippen molar-refractivity contribution in [2.24, 2.45) is 0 Å². The molecular weight excluding hydrogens is 200 g/mol. The first kappa shape index (κ1) is 14.2. The first-order valence-electron chi connectivity index (χ1n) is 3.39. The third-order valence-corrected chi connectivity index (χ3v) is 1.37. The summed E-state index contributed by atoms with van der Waals surface area (Å²) in [6.07, 6.45) is 1.20. The predicted octanol–water partition coefficient (Wildman–Crippen LogP) is 3.35. The van der Waals surface area contributed by atoms with Gasteiger partial charge in [0.25, 0.3) is 0 Å². The minimum absolute atomic E-state index is 0. The lowest BCUT2D eigenvalue weighted by Crippen LogP contribution is -1.91. The summed E-state index contributed by atoms with van der Waals surface area (Å²) in [5, 5.41) is 0. The number of hydrogen-bond donors (Lipinski definition) is 0. The SMILES string of the molecule is CCC(F)c1ccccn1.Cl.Cl. The summed E-state index contributed by atoms with van der Waals surface area (Å²) < 4.78 is 12.8. The fraction of sp³-hybridized carbons (Fsp3) is 0.375. The van der Waals surface area contributed by atoms with E-state index in [4.69, 9.17) is 0 Å². The molecule has 0 bridgehead atoms. The van der Waals surface area contributed by atoms with Gasteiger partial charge in [-0.05, 0) is 18.6 Å². The molecule has 0 fully saturated rings. The van der Waals surface area contributed by atoms with E-state index >= 15 is 0 Å². The second-order valence-corrected chi connectivity index (χ2v) is 2.13. The fourth-order valence-electron chi connectivity index (χ4n) is 0.770. The smallest absolute Gasteiger partial charge is 0.142 e. The lowest BCUT2D eigenvalue weighted by Gasteiger charge is -2.01. The van der Waals surface area contributed by atoms with E-state index in [9.17, 15) is 4.39 Å². The van der Waals surface area contributed by atoms with Crippen molar-refractivity contribution < 1.29 is 4.39 Å². The van der Waals surface area contributed by atoms with Gasteiger partial charge in [0.15, 0.2) is 0 Å². The second kappa shape index (κ2) is 7.32. The van der Waals surface area contributed by atoms with Gasteiger partial charge in [-0.25, -0.2) is 4.39 Å². The highest BCUT2D eigenvalue weighted by Gasteiger charge is 2.05. The third kappa shape index (κ3) is 3.88. The van der Waals surface area contributed by atoms with E-state index < -0.39 is 6.17 Å². The average molecular weight is 212 g/mol. The van der Waals surface area contributed by atoms with Crippen LogP contribution in [0.3, 0.4) is 0 Å². The van der Waals surface area contributed by atoms with Crippen LogP contribution in [0.4, 0.5) is 4.39 Å². The Morgan fingerprint density at radius 3 is 2.50 bits per heavy atom. The highest BCUT2D eigenvalue weighted by atomic mass is 35.5. The first-order chi connectivity index (χ1) is 4.84. The molecule has 1 unspecified atom stereocenters. The molecule has 4 heteroatoms. The van der Waals surface area contributed by atoms with E-state index in [1.807, 2.05) is 0 Å². The average Bonchev–Trinajstić information content (AvgIpc) is 2.05. The zero-order valence-electron chi connectivity index (χ0n) is 6.74. The number of rotatable bonds is 2. The summed E-state index contributed by atoms with van der Waals surface area (Å²) >= 11 is 0. The Bertz CT molecular complexity index is 194. The molecule has 0 radical (unpaired) electrons. The van der Waals surface area contributed by atoms with Gasteiger partial charge in [0.2, 0.25) is 0 Å². The number of pyridine rings is 1. The Morgan fingerprint density at radius 2 is 2.08 bits per heavy atom. The van der Waals surface area contributed by atoms with E-state index in [1.54, 1.807) is 31.3 Å². The van der Waals surface area contributed by atoms with Gasteiger partial charge in [-0.1, -0.05) is 13.0 Å². The summed E-state index contributed by atoms with van der Waals surface area (Å²) in [4.78, 5) is 3.87. The van der Waals surface area contributed by atoms with Gasteiger partial charge in [-0.2, -0.15) is 0 Å². The van der Waals surface area contributed by atoms with Crippen molar-refractivity contribution in [1.29, 1.82) is 0 Å². The van der Waals surface area contributed by atoms with Crippen molar-refractivity contribution in [3.05, 3.63) is 30.1 Å². The van der Waals surface area contributed by atoms with Crippen LogP contribution in [0.1, 0.15) is 25.2 Å². The van der Waals surface area contributed by atoms with Gasteiger partial charge in [0, 0.05) is 6.20 Å². The van der Waals surface area contributed by atoms with Crippen molar-refractivity contribution in [2.45, 2.75) is 19.5 Å². The van der Waals surface area contributed by atoms with Crippen molar-refractivity contribution >= 4 is 24.8 Å². The molecular formula is C8H12Cl2FN. The lowest BCUT2D eigenvalue weighted by molar-refractivity contribution is 0.327. The molecule has 0 saturated carbocycles. The zero-order chi connectivity index (χ0) is 7.40. The Balaban J connectivity index is 0. The molecule has 0 amide bonds. The van der Waals surface area contributed by atoms with Gasteiger partial charge < -0.3 is 0 Å². The molecule has 70 valence electrons. The number of alkyl halides is 1. The summed E-state index contributed by atoms with van der Waals surface area (Å²) in [7, 11) is 0. The lowest BCUT2D eigenvalue weighted by atomic mass is 10.2. The van der Waals surface area contributed by atoms with Crippen LogP contribution in [0, 0.1) is 0 Å². The summed E-state index contributed by atoms with van der Waals surface area (Å²) in [5.41, 5.74) is 0.532. The zero-order valence-corrected chi connectivity index (χ0v) is 8.37. The monoisotopic (exact) mass is 211 g/mol. The Kier molecular flexibility index (Phi) is 8.66. The fourth-order valence-corrected chi connectivity index (χ4v) is 0.770. The van der Waals surface area contributed by atoms with Gasteiger partial charge in [0.1, 0.15) is 6.17 Å². The Morgan fingerprint density at radius 1 is 1.42 bits per heavy atom. The highest BCUT2D eigenvalue weighted by molar-refractivity contribution is 5.85. The minimum Gasteiger partial charge on any atom is -0.258 e. The van der Waals surface area contributed by atoms with Gasteiger partial charge in [-0.15, -0.1) is 24.8 Å². The van der Waals surface area contributed by atoms with Crippen molar-refractivity contribution in [1.82, 2.24) is 4.98 Å². The van der Waals surface area contributed by atoms with Crippen LogP contribution in [0.5, 0.6) is 0 Å². The summed E-state index contributed by atoms with van der Waals surface area (Å²) in [6, 6.07) is 5.28. The molecule has 0 aliphatic heterocycles. The Hall–Kier alpha value is -0.340. The summed E-state index contributed by atoms with van der Waals surface area (Å²) in [5.74, 6) is 0. The van der Waals surface area contributed by atoms with Crippen molar-refractivity contribution in [3.8, 4) is 0 Å². The maximum atomic E-state index is 12.8. The third-order valence-electron chi connectivity index (χ3n) is 1.37. The molecule has 0 saturated heterocycles. The number of hydrogen-bond acceptors (Lipinski definition) is 1. The van der Waals surface area contributed by atoms with Gasteiger partial charge >= 0.3 is 0 Å². The van der Waals surface area contributed by atoms with Crippen LogP contribution in [0.2, 0.25) is 0 Å². The van der Waals surface area contributed by atoms with Crippen LogP contribution in [0.15, 0.2) is 24.4 Å². The topological polar surface area (TPSA) is 12.9 Å². The van der Waals surface area contributed by atoms with E-state index in [-0.39, 0.29) is 24.8 Å².